The van der Waals surface area contributed by atoms with Crippen LogP contribution in [0.15, 0.2) is 0 Å². The van der Waals surface area contributed by atoms with Crippen LogP contribution in [0, 0.1) is 0 Å². The summed E-state index contributed by atoms with van der Waals surface area (Å²) in [4.78, 5) is 35.9. The molecule has 7 nitrogen and oxygen atoms in total. The van der Waals surface area contributed by atoms with Crippen LogP contribution in [0.5, 0.6) is 0 Å². The topological polar surface area (TPSA) is 107 Å². The lowest BCUT2D eigenvalue weighted by Gasteiger charge is -2.24. The van der Waals surface area contributed by atoms with Gasteiger partial charge in [0, 0.05) is 19.9 Å². The van der Waals surface area contributed by atoms with Gasteiger partial charge in [-0.2, -0.15) is 0 Å². The second-order valence-corrected chi connectivity index (χ2v) is 5.12. The van der Waals surface area contributed by atoms with Crippen LogP contribution in [-0.4, -0.2) is 57.6 Å². The highest BCUT2D eigenvalue weighted by Gasteiger charge is 2.38. The van der Waals surface area contributed by atoms with E-state index in [0.29, 0.717) is 12.8 Å². The van der Waals surface area contributed by atoms with E-state index in [2.05, 4.69) is 5.32 Å². The number of amides is 2. The van der Waals surface area contributed by atoms with Gasteiger partial charge in [0.1, 0.15) is 12.1 Å². The van der Waals surface area contributed by atoms with E-state index in [-0.39, 0.29) is 18.9 Å². The molecule has 0 unspecified atom stereocenters. The summed E-state index contributed by atoms with van der Waals surface area (Å²) < 4.78 is 0. The molecule has 1 aliphatic heterocycles. The van der Waals surface area contributed by atoms with Crippen molar-refractivity contribution in [2.45, 2.75) is 57.7 Å². The summed E-state index contributed by atoms with van der Waals surface area (Å²) in [5.74, 6) is -1.90. The summed E-state index contributed by atoms with van der Waals surface area (Å²) in [6, 6.07) is -1.74. The summed E-state index contributed by atoms with van der Waals surface area (Å²) >= 11 is 0. The first-order chi connectivity index (χ1) is 9.36. The number of hydrogen-bond donors (Lipinski definition) is 3. The Morgan fingerprint density at radius 3 is 2.55 bits per heavy atom. The Balaban J connectivity index is 2.67. The number of aliphatic hydroxyl groups excluding tert-OH is 1. The molecule has 3 atom stereocenters. The number of rotatable bonds is 6. The largest absolute Gasteiger partial charge is 0.480 e. The zero-order valence-corrected chi connectivity index (χ0v) is 11.8. The molecule has 3 N–H and O–H groups in total. The van der Waals surface area contributed by atoms with Crippen LogP contribution in [0.4, 0.5) is 0 Å². The maximum absolute atomic E-state index is 12.1. The summed E-state index contributed by atoms with van der Waals surface area (Å²) in [6.45, 7) is 3.37. The molecule has 0 saturated carbocycles. The minimum atomic E-state index is -1.08. The average molecular weight is 286 g/mol. The SMILES string of the molecule is CCCC[C@@H](NC(=O)[C@@H]1C[C@@H](O)CN1C(C)=O)C(=O)O. The van der Waals surface area contributed by atoms with Crippen molar-refractivity contribution in [3.8, 4) is 0 Å². The van der Waals surface area contributed by atoms with Gasteiger partial charge in [-0.3, -0.25) is 9.59 Å². The van der Waals surface area contributed by atoms with Gasteiger partial charge in [0.2, 0.25) is 11.8 Å². The Hall–Kier alpha value is -1.63. The number of nitrogens with one attached hydrogen (secondary N) is 1. The number of carbonyl (C=O) groups excluding carboxylic acids is 2. The van der Waals surface area contributed by atoms with Gasteiger partial charge in [-0.15, -0.1) is 0 Å². The van der Waals surface area contributed by atoms with Crippen LogP contribution in [-0.2, 0) is 14.4 Å². The zero-order valence-electron chi connectivity index (χ0n) is 11.8. The molecule has 0 aromatic rings. The van der Waals surface area contributed by atoms with Gasteiger partial charge in [0.05, 0.1) is 6.10 Å². The first-order valence-corrected chi connectivity index (χ1v) is 6.85. The van der Waals surface area contributed by atoms with Crippen molar-refractivity contribution in [3.63, 3.8) is 0 Å². The van der Waals surface area contributed by atoms with E-state index in [1.807, 2.05) is 6.92 Å². The van der Waals surface area contributed by atoms with Crippen molar-refractivity contribution in [2.75, 3.05) is 6.54 Å². The smallest absolute Gasteiger partial charge is 0.326 e. The molecule has 2 amide bonds. The highest BCUT2D eigenvalue weighted by Crippen LogP contribution is 2.18. The molecule has 1 fully saturated rings. The highest BCUT2D eigenvalue weighted by atomic mass is 16.4. The van der Waals surface area contributed by atoms with E-state index >= 15 is 0 Å². The number of aliphatic carboxylic acids is 1. The maximum Gasteiger partial charge on any atom is 0.326 e. The first kappa shape index (κ1) is 16.4. The van der Waals surface area contributed by atoms with Crippen LogP contribution < -0.4 is 5.32 Å². The monoisotopic (exact) mass is 286 g/mol. The van der Waals surface area contributed by atoms with Crippen molar-refractivity contribution < 1.29 is 24.6 Å². The third-order valence-corrected chi connectivity index (χ3v) is 3.45. The molecule has 1 saturated heterocycles. The van der Waals surface area contributed by atoms with Gasteiger partial charge >= 0.3 is 5.97 Å². The molecule has 0 radical (unpaired) electrons. The van der Waals surface area contributed by atoms with Crippen LogP contribution >= 0.6 is 0 Å². The molecule has 0 spiro atoms. The van der Waals surface area contributed by atoms with Crippen LogP contribution in [0.1, 0.15) is 39.5 Å². The molecule has 0 aliphatic carbocycles. The van der Waals surface area contributed by atoms with E-state index in [4.69, 9.17) is 5.11 Å². The molecule has 114 valence electrons. The molecule has 0 aromatic carbocycles. The Bertz CT molecular complexity index is 385. The van der Waals surface area contributed by atoms with E-state index in [1.54, 1.807) is 0 Å². The Morgan fingerprint density at radius 1 is 1.40 bits per heavy atom. The van der Waals surface area contributed by atoms with Crippen LogP contribution in [0.3, 0.4) is 0 Å². The van der Waals surface area contributed by atoms with Crippen molar-refractivity contribution in [1.29, 1.82) is 0 Å². The van der Waals surface area contributed by atoms with E-state index in [0.717, 1.165) is 6.42 Å². The van der Waals surface area contributed by atoms with Crippen molar-refractivity contribution in [3.05, 3.63) is 0 Å². The fraction of sp³-hybridized carbons (Fsp3) is 0.769. The van der Waals surface area contributed by atoms with Gasteiger partial charge < -0.3 is 20.4 Å². The maximum atomic E-state index is 12.1. The molecule has 20 heavy (non-hydrogen) atoms. The highest BCUT2D eigenvalue weighted by molar-refractivity contribution is 5.90. The fourth-order valence-corrected chi connectivity index (χ4v) is 2.34. The number of carboxylic acids is 1. The quantitative estimate of drug-likeness (QED) is 0.623. The molecule has 1 aliphatic rings. The Kier molecular flexibility index (Phi) is 5.94. The van der Waals surface area contributed by atoms with E-state index in [9.17, 15) is 19.5 Å². The number of hydrogen-bond acceptors (Lipinski definition) is 4. The second kappa shape index (κ2) is 7.23. The number of likely N-dealkylation sites (tertiary alicyclic amines) is 1. The number of carboxylic acid groups (broad SMARTS) is 1. The number of carbonyl (C=O) groups is 3. The van der Waals surface area contributed by atoms with Gasteiger partial charge in [0.25, 0.3) is 0 Å². The molecule has 7 heteroatoms. The van der Waals surface area contributed by atoms with Crippen LogP contribution in [0.25, 0.3) is 0 Å². The van der Waals surface area contributed by atoms with Crippen molar-refractivity contribution in [2.24, 2.45) is 0 Å². The van der Waals surface area contributed by atoms with Crippen LogP contribution in [0.2, 0.25) is 0 Å². The minimum absolute atomic E-state index is 0.111. The molecular formula is C13H22N2O5. The minimum Gasteiger partial charge on any atom is -0.480 e. The van der Waals surface area contributed by atoms with Gasteiger partial charge in [-0.05, 0) is 6.42 Å². The third-order valence-electron chi connectivity index (χ3n) is 3.45. The number of nitrogens with zero attached hydrogens (tertiary/aromatic N) is 1. The zero-order chi connectivity index (χ0) is 15.3. The average Bonchev–Trinajstić information content (AvgIpc) is 2.76. The van der Waals surface area contributed by atoms with Crippen molar-refractivity contribution in [1.82, 2.24) is 10.2 Å². The number of aliphatic hydroxyl groups is 1. The standard InChI is InChI=1S/C13H22N2O5/c1-3-4-5-10(13(19)20)14-12(18)11-6-9(17)7-15(11)8(2)16/h9-11,17H,3-7H2,1-2H3,(H,14,18)(H,19,20)/t9-,10-,11+/m1/s1. The molecule has 0 bridgehead atoms. The Labute approximate surface area is 117 Å². The summed E-state index contributed by atoms with van der Waals surface area (Å²) in [5.41, 5.74) is 0. The molecule has 1 rings (SSSR count). The summed E-state index contributed by atoms with van der Waals surface area (Å²) in [7, 11) is 0. The van der Waals surface area contributed by atoms with Gasteiger partial charge in [0.15, 0.2) is 0 Å². The van der Waals surface area contributed by atoms with E-state index in [1.165, 1.54) is 11.8 Å². The summed E-state index contributed by atoms with van der Waals surface area (Å²) in [5, 5.41) is 21.1. The lowest BCUT2D eigenvalue weighted by atomic mass is 10.1. The Morgan fingerprint density at radius 2 is 2.05 bits per heavy atom. The van der Waals surface area contributed by atoms with E-state index < -0.39 is 30.1 Å². The lowest BCUT2D eigenvalue weighted by molar-refractivity contribution is -0.143. The first-order valence-electron chi connectivity index (χ1n) is 6.85. The van der Waals surface area contributed by atoms with Crippen molar-refractivity contribution >= 4 is 17.8 Å². The fourth-order valence-electron chi connectivity index (χ4n) is 2.34. The molecule has 1 heterocycles. The van der Waals surface area contributed by atoms with Gasteiger partial charge in [-0.25, -0.2) is 4.79 Å². The molecule has 0 aromatic heterocycles. The number of β-amino-alcohol motifs (C(OH)–C–C–N with tert-alkyl or cyclic N) is 1. The summed E-state index contributed by atoms with van der Waals surface area (Å²) in [6.07, 6.45) is 1.29. The molecular weight excluding hydrogens is 264 g/mol. The second-order valence-electron chi connectivity index (χ2n) is 5.12. The lowest BCUT2D eigenvalue weighted by Crippen LogP contribution is -2.50. The predicted octanol–water partition coefficient (Wildman–Crippen LogP) is -0.272. The number of unbranched alkanes of at least 4 members (excludes halogenated alkanes) is 1. The third kappa shape index (κ3) is 4.19. The van der Waals surface area contributed by atoms with Gasteiger partial charge in [-0.1, -0.05) is 19.8 Å². The predicted molar refractivity (Wildman–Crippen MR) is 70.9 cm³/mol. The normalized spacial score (nSPS) is 23.4.